The fraction of sp³-hybridized carbons (Fsp3) is 0.188. The van der Waals surface area contributed by atoms with Crippen molar-refractivity contribution >= 4 is 45.9 Å². The van der Waals surface area contributed by atoms with Crippen LogP contribution < -0.4 is 11.1 Å². The second-order valence-corrected chi connectivity index (χ2v) is 6.90. The Bertz CT molecular complexity index is 960. The smallest absolute Gasteiger partial charge is 0.253 e. The monoisotopic (exact) mass is 483 g/mol. The van der Waals surface area contributed by atoms with Gasteiger partial charge in [0.05, 0.1) is 23.7 Å². The molecule has 2 aromatic heterocycles. The van der Waals surface area contributed by atoms with Gasteiger partial charge >= 0.3 is 0 Å². The Kier molecular flexibility index (Phi) is 5.67. The number of anilines is 1. The van der Waals surface area contributed by atoms with Crippen LogP contribution in [0.3, 0.4) is 0 Å². The topological polar surface area (TPSA) is 112 Å². The molecule has 0 saturated carbocycles. The van der Waals surface area contributed by atoms with Gasteiger partial charge in [-0.05, 0) is 41.6 Å². The summed E-state index contributed by atoms with van der Waals surface area (Å²) in [5.74, 6) is 0.761. The van der Waals surface area contributed by atoms with Gasteiger partial charge in [0, 0.05) is 11.8 Å². The van der Waals surface area contributed by atoms with E-state index in [1.54, 1.807) is 42.1 Å². The average molecular weight is 484 g/mol. The van der Waals surface area contributed by atoms with Gasteiger partial charge in [0.25, 0.3) is 5.91 Å². The largest absolute Gasteiger partial charge is 0.383 e. The maximum absolute atomic E-state index is 12.2. The van der Waals surface area contributed by atoms with Crippen molar-refractivity contribution in [3.63, 3.8) is 0 Å². The van der Waals surface area contributed by atoms with Crippen LogP contribution in [0, 0.1) is 10.6 Å². The lowest BCUT2D eigenvalue weighted by Crippen LogP contribution is -2.23. The van der Waals surface area contributed by atoms with Gasteiger partial charge in [-0.25, -0.2) is 14.6 Å². The maximum Gasteiger partial charge on any atom is 0.253 e. The molecule has 0 atom stereocenters. The average Bonchev–Trinajstić information content (AvgIpc) is 2.95. The SMILES string of the molecule is Cc1ncc(Cn2nnc(CNC(=O)c3ccccc3Cl)c2I)c(N)n1. The number of nitrogens with two attached hydrogens (primary N) is 1. The van der Waals surface area contributed by atoms with E-state index in [2.05, 4.69) is 48.2 Å². The summed E-state index contributed by atoms with van der Waals surface area (Å²) in [4.78, 5) is 20.5. The van der Waals surface area contributed by atoms with Gasteiger partial charge in [-0.3, -0.25) is 4.79 Å². The van der Waals surface area contributed by atoms with Crippen LogP contribution in [-0.2, 0) is 13.1 Å². The van der Waals surface area contributed by atoms with Crippen molar-refractivity contribution in [3.8, 4) is 0 Å². The molecule has 1 amide bonds. The van der Waals surface area contributed by atoms with Crippen LogP contribution in [0.1, 0.15) is 27.4 Å². The number of amides is 1. The van der Waals surface area contributed by atoms with Crippen LogP contribution in [-0.4, -0.2) is 30.9 Å². The summed E-state index contributed by atoms with van der Waals surface area (Å²) in [6.45, 7) is 2.41. The summed E-state index contributed by atoms with van der Waals surface area (Å²) >= 11 is 8.16. The number of nitrogen functional groups attached to an aromatic ring is 1. The molecule has 0 aliphatic heterocycles. The highest BCUT2D eigenvalue weighted by Crippen LogP contribution is 2.16. The number of nitrogens with zero attached hydrogens (tertiary/aromatic N) is 5. The molecule has 0 fully saturated rings. The van der Waals surface area contributed by atoms with Gasteiger partial charge in [-0.2, -0.15) is 0 Å². The van der Waals surface area contributed by atoms with Crippen LogP contribution in [0.5, 0.6) is 0 Å². The molecule has 2 heterocycles. The molecule has 3 rings (SSSR count). The van der Waals surface area contributed by atoms with Crippen molar-refractivity contribution in [2.24, 2.45) is 0 Å². The summed E-state index contributed by atoms with van der Waals surface area (Å²) in [6.07, 6.45) is 1.67. The molecule has 3 aromatic rings. The molecule has 10 heteroatoms. The van der Waals surface area contributed by atoms with E-state index in [4.69, 9.17) is 17.3 Å². The zero-order valence-corrected chi connectivity index (χ0v) is 16.7. The predicted molar refractivity (Wildman–Crippen MR) is 106 cm³/mol. The van der Waals surface area contributed by atoms with Gasteiger partial charge in [0.2, 0.25) is 0 Å². The van der Waals surface area contributed by atoms with Crippen molar-refractivity contribution in [2.45, 2.75) is 20.0 Å². The summed E-state index contributed by atoms with van der Waals surface area (Å²) in [7, 11) is 0. The first kappa shape index (κ1) is 18.5. The molecule has 3 N–H and O–H groups in total. The Morgan fingerprint density at radius 1 is 1.38 bits per heavy atom. The van der Waals surface area contributed by atoms with Crippen LogP contribution >= 0.6 is 34.2 Å². The second-order valence-electron chi connectivity index (χ2n) is 5.47. The number of hydrogen-bond acceptors (Lipinski definition) is 6. The predicted octanol–water partition coefficient (Wildman–Crippen LogP) is 2.20. The molecule has 8 nitrogen and oxygen atoms in total. The number of benzene rings is 1. The molecule has 0 saturated heterocycles. The summed E-state index contributed by atoms with van der Waals surface area (Å²) in [5.41, 5.74) is 7.74. The van der Waals surface area contributed by atoms with Gasteiger partial charge in [-0.15, -0.1) is 5.10 Å². The quantitative estimate of drug-likeness (QED) is 0.538. The Hall–Kier alpha value is -2.27. The minimum atomic E-state index is -0.267. The van der Waals surface area contributed by atoms with Gasteiger partial charge in [0.15, 0.2) is 0 Å². The zero-order chi connectivity index (χ0) is 18.7. The van der Waals surface area contributed by atoms with Crippen LogP contribution in [0.4, 0.5) is 5.82 Å². The first-order valence-corrected chi connectivity index (χ1v) is 9.10. The normalized spacial score (nSPS) is 10.7. The Morgan fingerprint density at radius 2 is 2.15 bits per heavy atom. The van der Waals surface area contributed by atoms with Crippen LogP contribution in [0.15, 0.2) is 30.5 Å². The zero-order valence-electron chi connectivity index (χ0n) is 13.8. The molecule has 0 unspecified atom stereocenters. The first-order chi connectivity index (χ1) is 12.5. The Morgan fingerprint density at radius 3 is 2.88 bits per heavy atom. The van der Waals surface area contributed by atoms with E-state index in [1.165, 1.54) is 0 Å². The van der Waals surface area contributed by atoms with Crippen molar-refractivity contribution in [1.29, 1.82) is 0 Å². The third-order valence-electron chi connectivity index (χ3n) is 3.61. The highest BCUT2D eigenvalue weighted by Gasteiger charge is 2.15. The van der Waals surface area contributed by atoms with E-state index in [9.17, 15) is 4.79 Å². The minimum Gasteiger partial charge on any atom is -0.383 e. The van der Waals surface area contributed by atoms with E-state index in [0.717, 1.165) is 9.26 Å². The lowest BCUT2D eigenvalue weighted by atomic mass is 10.2. The number of nitrogens with one attached hydrogen (secondary N) is 1. The standard InChI is InChI=1S/C16H15ClIN7O/c1-9-20-6-10(15(19)22-9)8-25-14(18)13(23-24-25)7-21-16(26)11-4-2-3-5-12(11)17/h2-6H,7-8H2,1H3,(H,21,26)(H2,19,20,22). The number of rotatable bonds is 5. The molecule has 1 aromatic carbocycles. The maximum atomic E-state index is 12.2. The van der Waals surface area contributed by atoms with Crippen LogP contribution in [0.2, 0.25) is 5.02 Å². The molecular weight excluding hydrogens is 469 g/mol. The molecule has 134 valence electrons. The molecule has 0 radical (unpaired) electrons. The fourth-order valence-electron chi connectivity index (χ4n) is 2.25. The third-order valence-corrected chi connectivity index (χ3v) is 5.12. The number of carbonyl (C=O) groups excluding carboxylic acids is 1. The second kappa shape index (κ2) is 7.96. The summed E-state index contributed by atoms with van der Waals surface area (Å²) in [6, 6.07) is 6.87. The highest BCUT2D eigenvalue weighted by molar-refractivity contribution is 14.1. The molecule has 0 bridgehead atoms. The van der Waals surface area contributed by atoms with Crippen molar-refractivity contribution < 1.29 is 4.79 Å². The number of carbonyl (C=O) groups is 1. The molecule has 0 aliphatic carbocycles. The molecular formula is C16H15ClIN7O. The third kappa shape index (κ3) is 4.10. The fourth-order valence-corrected chi connectivity index (χ4v) is 3.03. The Labute approximate surface area is 168 Å². The molecule has 0 spiro atoms. The summed E-state index contributed by atoms with van der Waals surface area (Å²) in [5, 5.41) is 11.4. The number of aryl methyl sites for hydroxylation is 1. The van der Waals surface area contributed by atoms with Crippen molar-refractivity contribution in [2.75, 3.05) is 5.73 Å². The first-order valence-electron chi connectivity index (χ1n) is 7.64. The van der Waals surface area contributed by atoms with Crippen molar-refractivity contribution in [1.82, 2.24) is 30.3 Å². The van der Waals surface area contributed by atoms with E-state index >= 15 is 0 Å². The molecule has 26 heavy (non-hydrogen) atoms. The number of halogens is 2. The Balaban J connectivity index is 1.69. The van der Waals surface area contributed by atoms with E-state index in [0.29, 0.717) is 34.5 Å². The number of aromatic nitrogens is 5. The van der Waals surface area contributed by atoms with E-state index < -0.39 is 0 Å². The highest BCUT2D eigenvalue weighted by atomic mass is 127. The molecule has 0 aliphatic rings. The summed E-state index contributed by atoms with van der Waals surface area (Å²) < 4.78 is 2.48. The lowest BCUT2D eigenvalue weighted by molar-refractivity contribution is 0.0950. The van der Waals surface area contributed by atoms with E-state index in [-0.39, 0.29) is 12.5 Å². The lowest BCUT2D eigenvalue weighted by Gasteiger charge is -2.07. The number of hydrogen-bond donors (Lipinski definition) is 2. The van der Waals surface area contributed by atoms with Gasteiger partial charge in [-0.1, -0.05) is 28.9 Å². The van der Waals surface area contributed by atoms with Crippen LogP contribution in [0.25, 0.3) is 0 Å². The van der Waals surface area contributed by atoms with E-state index in [1.807, 2.05) is 0 Å². The van der Waals surface area contributed by atoms with Gasteiger partial charge < -0.3 is 11.1 Å². The van der Waals surface area contributed by atoms with Crippen molar-refractivity contribution in [3.05, 3.63) is 61.8 Å². The minimum absolute atomic E-state index is 0.238. The van der Waals surface area contributed by atoms with Gasteiger partial charge in [0.1, 0.15) is 21.0 Å².